The molecule has 2 aromatic heterocycles. The van der Waals surface area contributed by atoms with Gasteiger partial charge in [0.25, 0.3) is 11.6 Å². The highest BCUT2D eigenvalue weighted by Gasteiger charge is 2.23. The summed E-state index contributed by atoms with van der Waals surface area (Å²) >= 11 is 1.14. The molecule has 0 atom stereocenters. The molecule has 9 nitrogen and oxygen atoms in total. The molecule has 36 heavy (non-hydrogen) atoms. The lowest BCUT2D eigenvalue weighted by molar-refractivity contribution is -0.384. The molecule has 0 aliphatic rings. The number of hydrogen-bond acceptors (Lipinski definition) is 8. The number of anilines is 1. The molecule has 0 saturated carbocycles. The van der Waals surface area contributed by atoms with E-state index < -0.39 is 10.8 Å². The first-order chi connectivity index (χ1) is 17.5. The van der Waals surface area contributed by atoms with E-state index in [0.717, 1.165) is 28.0 Å². The van der Waals surface area contributed by atoms with Gasteiger partial charge in [-0.1, -0.05) is 60.7 Å². The molecule has 5 aromatic rings. The summed E-state index contributed by atoms with van der Waals surface area (Å²) in [6, 6.07) is 25.2. The third kappa shape index (κ3) is 4.40. The number of nitrogens with one attached hydrogen (secondary N) is 1. The number of benzene rings is 3. The SMILES string of the molecule is Nc1c(C(=O)N/N=C\c2ccc([N+](=O)[O-])cc2)sc2nnc(-c3ccccc3)c(-c3ccccc3)c12. The van der Waals surface area contributed by atoms with Crippen LogP contribution in [0.25, 0.3) is 32.6 Å². The van der Waals surface area contributed by atoms with Crippen molar-refractivity contribution in [3.05, 3.63) is 105 Å². The molecule has 3 aromatic carbocycles. The largest absolute Gasteiger partial charge is 0.397 e. The molecule has 0 saturated heterocycles. The molecule has 0 aliphatic heterocycles. The third-order valence-corrected chi connectivity index (χ3v) is 6.54. The fourth-order valence-corrected chi connectivity index (χ4v) is 4.70. The molecule has 0 unspecified atom stereocenters. The van der Waals surface area contributed by atoms with Crippen LogP contribution >= 0.6 is 11.3 Å². The van der Waals surface area contributed by atoms with Crippen LogP contribution in [0.1, 0.15) is 15.2 Å². The van der Waals surface area contributed by atoms with Gasteiger partial charge in [0.15, 0.2) is 0 Å². The van der Waals surface area contributed by atoms with E-state index in [-0.39, 0.29) is 10.6 Å². The topological polar surface area (TPSA) is 136 Å². The summed E-state index contributed by atoms with van der Waals surface area (Å²) in [5.41, 5.74) is 13.1. The second kappa shape index (κ2) is 9.72. The van der Waals surface area contributed by atoms with Crippen LogP contribution in [0.5, 0.6) is 0 Å². The fourth-order valence-electron chi connectivity index (χ4n) is 3.76. The van der Waals surface area contributed by atoms with Gasteiger partial charge >= 0.3 is 0 Å². The van der Waals surface area contributed by atoms with Crippen LogP contribution in [-0.2, 0) is 0 Å². The lowest BCUT2D eigenvalue weighted by Gasteiger charge is -2.11. The number of hydrogen-bond donors (Lipinski definition) is 2. The zero-order valence-corrected chi connectivity index (χ0v) is 19.5. The Morgan fingerprint density at radius 1 is 0.944 bits per heavy atom. The number of aromatic nitrogens is 2. The number of rotatable bonds is 6. The predicted molar refractivity (Wildman–Crippen MR) is 141 cm³/mol. The Hall–Kier alpha value is -4.96. The van der Waals surface area contributed by atoms with Crippen molar-refractivity contribution in [2.45, 2.75) is 0 Å². The number of hydrazone groups is 1. The molecule has 176 valence electrons. The Bertz CT molecular complexity index is 1600. The van der Waals surface area contributed by atoms with E-state index in [0.29, 0.717) is 27.2 Å². The molecule has 1 amide bonds. The van der Waals surface area contributed by atoms with Gasteiger partial charge in [-0.2, -0.15) is 5.10 Å². The number of carbonyl (C=O) groups excluding carboxylic acids is 1. The Morgan fingerprint density at radius 3 is 2.22 bits per heavy atom. The van der Waals surface area contributed by atoms with Crippen LogP contribution in [0.15, 0.2) is 90.0 Å². The van der Waals surface area contributed by atoms with Gasteiger partial charge in [-0.15, -0.1) is 21.5 Å². The van der Waals surface area contributed by atoms with Crippen molar-refractivity contribution in [2.75, 3.05) is 5.73 Å². The number of non-ortho nitro benzene ring substituents is 1. The number of nitro benzene ring substituents is 1. The summed E-state index contributed by atoms with van der Waals surface area (Å²) in [5.74, 6) is -0.492. The van der Waals surface area contributed by atoms with Crippen LogP contribution in [0.2, 0.25) is 0 Å². The average molecular weight is 495 g/mol. The van der Waals surface area contributed by atoms with Gasteiger partial charge in [0.1, 0.15) is 15.4 Å². The molecule has 0 aliphatic carbocycles. The molecule has 2 heterocycles. The zero-order valence-electron chi connectivity index (χ0n) is 18.7. The molecule has 3 N–H and O–H groups in total. The maximum absolute atomic E-state index is 12.9. The highest BCUT2D eigenvalue weighted by molar-refractivity contribution is 7.21. The first-order valence-corrected chi connectivity index (χ1v) is 11.6. The van der Waals surface area contributed by atoms with E-state index in [2.05, 4.69) is 20.7 Å². The Labute approximate surface area is 209 Å². The first-order valence-electron chi connectivity index (χ1n) is 10.8. The number of nitrogen functional groups attached to an aromatic ring is 1. The molecule has 0 fully saturated rings. The lowest BCUT2D eigenvalue weighted by atomic mass is 9.96. The van der Waals surface area contributed by atoms with Crippen molar-refractivity contribution in [1.29, 1.82) is 0 Å². The normalized spacial score (nSPS) is 11.1. The van der Waals surface area contributed by atoms with Crippen molar-refractivity contribution in [2.24, 2.45) is 5.10 Å². The van der Waals surface area contributed by atoms with Gasteiger partial charge in [-0.25, -0.2) is 5.43 Å². The summed E-state index contributed by atoms with van der Waals surface area (Å²) in [4.78, 5) is 24.0. The second-order valence-electron chi connectivity index (χ2n) is 7.73. The number of amides is 1. The third-order valence-electron chi connectivity index (χ3n) is 5.45. The van der Waals surface area contributed by atoms with Gasteiger partial charge in [-0.3, -0.25) is 14.9 Å². The number of fused-ring (bicyclic) bond motifs is 1. The molecular weight excluding hydrogens is 476 g/mol. The summed E-state index contributed by atoms with van der Waals surface area (Å²) in [6.45, 7) is 0. The van der Waals surface area contributed by atoms with E-state index in [4.69, 9.17) is 5.73 Å². The number of nitrogens with two attached hydrogens (primary N) is 1. The van der Waals surface area contributed by atoms with Gasteiger partial charge in [0, 0.05) is 28.6 Å². The average Bonchev–Trinajstić information content (AvgIpc) is 3.26. The van der Waals surface area contributed by atoms with Crippen molar-refractivity contribution < 1.29 is 9.72 Å². The minimum atomic E-state index is -0.492. The zero-order chi connectivity index (χ0) is 25.1. The van der Waals surface area contributed by atoms with E-state index in [1.54, 1.807) is 0 Å². The minimum absolute atomic E-state index is 0.0283. The molecule has 10 heteroatoms. The molecule has 0 radical (unpaired) electrons. The molecule has 5 rings (SSSR count). The standard InChI is InChI=1S/C26H18N6O3S/c27-22-21-20(17-7-3-1-4-8-17)23(18-9-5-2-6-10-18)29-31-26(21)36-24(22)25(33)30-28-15-16-11-13-19(14-12-16)32(34)35/h1-15H,27H2,(H,30,33)/b28-15-. The Kier molecular flexibility index (Phi) is 6.16. The Balaban J connectivity index is 1.52. The smallest absolute Gasteiger partial charge is 0.283 e. The number of nitrogens with zero attached hydrogens (tertiary/aromatic N) is 4. The highest BCUT2D eigenvalue weighted by Crippen LogP contribution is 2.42. The first kappa shape index (κ1) is 22.8. The van der Waals surface area contributed by atoms with Gasteiger partial charge in [0.2, 0.25) is 0 Å². The van der Waals surface area contributed by atoms with Crippen molar-refractivity contribution in [1.82, 2.24) is 15.6 Å². The number of carbonyl (C=O) groups is 1. The second-order valence-corrected chi connectivity index (χ2v) is 8.73. The van der Waals surface area contributed by atoms with E-state index in [9.17, 15) is 14.9 Å². The summed E-state index contributed by atoms with van der Waals surface area (Å²) < 4.78 is 0. The van der Waals surface area contributed by atoms with Crippen molar-refractivity contribution in [3.8, 4) is 22.4 Å². The predicted octanol–water partition coefficient (Wildman–Crippen LogP) is 5.28. The lowest BCUT2D eigenvalue weighted by Crippen LogP contribution is -2.17. The van der Waals surface area contributed by atoms with Crippen LogP contribution in [0.4, 0.5) is 11.4 Å². The van der Waals surface area contributed by atoms with Crippen molar-refractivity contribution in [3.63, 3.8) is 0 Å². The highest BCUT2D eigenvalue weighted by atomic mass is 32.1. The van der Waals surface area contributed by atoms with Gasteiger partial charge in [0.05, 0.1) is 16.8 Å². The quantitative estimate of drug-likeness (QED) is 0.187. The number of nitro groups is 1. The van der Waals surface area contributed by atoms with E-state index >= 15 is 0 Å². The Morgan fingerprint density at radius 2 is 1.58 bits per heavy atom. The molecular formula is C26H18N6O3S. The summed E-state index contributed by atoms with van der Waals surface area (Å²) in [6.07, 6.45) is 1.40. The summed E-state index contributed by atoms with van der Waals surface area (Å²) in [7, 11) is 0. The van der Waals surface area contributed by atoms with Crippen LogP contribution in [0.3, 0.4) is 0 Å². The van der Waals surface area contributed by atoms with Crippen molar-refractivity contribution >= 4 is 45.0 Å². The minimum Gasteiger partial charge on any atom is -0.397 e. The van der Waals surface area contributed by atoms with Crippen LogP contribution in [0, 0.1) is 10.1 Å². The monoisotopic (exact) mass is 494 g/mol. The summed E-state index contributed by atoms with van der Waals surface area (Å²) in [5, 5.41) is 24.3. The fraction of sp³-hybridized carbons (Fsp3) is 0. The molecule has 0 bridgehead atoms. The molecule has 0 spiro atoms. The van der Waals surface area contributed by atoms with E-state index in [1.165, 1.54) is 30.5 Å². The van der Waals surface area contributed by atoms with Gasteiger partial charge < -0.3 is 5.73 Å². The van der Waals surface area contributed by atoms with Gasteiger partial charge in [-0.05, 0) is 23.3 Å². The number of thiophene rings is 1. The maximum Gasteiger partial charge on any atom is 0.283 e. The van der Waals surface area contributed by atoms with Crippen LogP contribution < -0.4 is 11.2 Å². The van der Waals surface area contributed by atoms with E-state index in [1.807, 2.05) is 60.7 Å². The van der Waals surface area contributed by atoms with Crippen LogP contribution in [-0.4, -0.2) is 27.2 Å². The maximum atomic E-state index is 12.9.